The van der Waals surface area contributed by atoms with E-state index < -0.39 is 22.8 Å². The van der Waals surface area contributed by atoms with Crippen LogP contribution in [0.2, 0.25) is 0 Å². The number of allylic oxidation sites excluding steroid dienone is 2. The number of morpholine rings is 1. The van der Waals surface area contributed by atoms with Crippen molar-refractivity contribution in [3.05, 3.63) is 94.8 Å². The smallest absolute Gasteiger partial charge is 0.410 e. The van der Waals surface area contributed by atoms with Gasteiger partial charge >= 0.3 is 6.09 Å². The molecule has 21 nitrogen and oxygen atoms in total. The Hall–Kier alpha value is -7.78. The minimum atomic E-state index is -0.661. The van der Waals surface area contributed by atoms with Gasteiger partial charge in [-0.05, 0) is 106 Å². The highest BCUT2D eigenvalue weighted by Crippen LogP contribution is 2.61. The maximum absolute atomic E-state index is 14.3. The fourth-order valence-electron chi connectivity index (χ4n) is 11.5. The normalized spacial score (nSPS) is 20.0. The number of nitrogens with zero attached hydrogens (tertiary/aromatic N) is 8. The molecule has 0 radical (unpaired) electrons. The van der Waals surface area contributed by atoms with Gasteiger partial charge in [-0.1, -0.05) is 31.2 Å². The number of imidazole rings is 2. The summed E-state index contributed by atoms with van der Waals surface area (Å²) in [7, 11) is 1.48. The Morgan fingerprint density at radius 2 is 1.57 bits per heavy atom. The van der Waals surface area contributed by atoms with Crippen LogP contribution in [0, 0.1) is 17.8 Å². The number of aromatic nitrogens is 6. The van der Waals surface area contributed by atoms with Gasteiger partial charge in [0.05, 0.1) is 49.0 Å². The van der Waals surface area contributed by atoms with E-state index in [9.17, 15) is 24.0 Å². The Morgan fingerprint density at radius 3 is 2.23 bits per heavy atom. The number of rotatable bonds is 19. The van der Waals surface area contributed by atoms with Crippen LogP contribution in [0.3, 0.4) is 0 Å². The molecule has 0 atom stereocenters. The van der Waals surface area contributed by atoms with Gasteiger partial charge in [0, 0.05) is 62.6 Å². The van der Waals surface area contributed by atoms with Crippen LogP contribution in [0.25, 0.3) is 22.1 Å². The standard InChI is InChI=1S/C54H64N12O9/c1-5-66-41(23-34(2)61-66)47(69)59-49-58-40-26-37(46(56)68)27-42(72-4)44(40)64(49)18-6-7-19-65-45-39(57-50(65)60-48(70)53-15-13-52(3,30-53)14-16-53)24-36(28-67)25-43(45)73-21-8-17-62-31-54(32-62)33-63(20-22-75-54)51(71)74-29-35-9-11-38(55)12-10-35/h6-7,9-12,23-28H,5,8,13-22,29-33,55H2,1-4H3,(H2,56,68)(H,57,60,70)(H,58,59,69)/b7-6+. The summed E-state index contributed by atoms with van der Waals surface area (Å²) < 4.78 is 29.4. The summed E-state index contributed by atoms with van der Waals surface area (Å²) in [6.45, 7) is 10.6. The van der Waals surface area contributed by atoms with Gasteiger partial charge in [-0.25, -0.2) is 14.8 Å². The molecule has 2 bridgehead atoms. The van der Waals surface area contributed by atoms with Crippen molar-refractivity contribution < 1.29 is 42.9 Å². The predicted octanol–water partition coefficient (Wildman–Crippen LogP) is 6.32. The van der Waals surface area contributed by atoms with Crippen molar-refractivity contribution in [2.24, 2.45) is 16.6 Å². The van der Waals surface area contributed by atoms with Crippen LogP contribution in [0.15, 0.2) is 66.7 Å². The van der Waals surface area contributed by atoms with Gasteiger partial charge in [0.25, 0.3) is 5.91 Å². The van der Waals surface area contributed by atoms with Gasteiger partial charge in [0.1, 0.15) is 46.7 Å². The second kappa shape index (κ2) is 20.5. The molecule has 4 amide bonds. The third-order valence-electron chi connectivity index (χ3n) is 15.3. The summed E-state index contributed by atoms with van der Waals surface area (Å²) in [4.78, 5) is 79.5. The summed E-state index contributed by atoms with van der Waals surface area (Å²) >= 11 is 0. The number of amides is 4. The minimum Gasteiger partial charge on any atom is -0.494 e. The van der Waals surface area contributed by atoms with Crippen LogP contribution in [0.4, 0.5) is 22.4 Å². The Labute approximate surface area is 433 Å². The molecule has 2 aliphatic carbocycles. The minimum absolute atomic E-state index is 0.0675. The van der Waals surface area contributed by atoms with Crippen LogP contribution in [-0.4, -0.2) is 127 Å². The van der Waals surface area contributed by atoms with E-state index in [0.29, 0.717) is 121 Å². The number of nitrogens with one attached hydrogen (secondary N) is 2. The third-order valence-corrected chi connectivity index (χ3v) is 15.3. The first-order chi connectivity index (χ1) is 36.1. The predicted molar refractivity (Wildman–Crippen MR) is 280 cm³/mol. The molecule has 6 aromatic rings. The molecule has 10 rings (SSSR count). The highest BCUT2D eigenvalue weighted by molar-refractivity contribution is 6.04. The lowest BCUT2D eigenvalue weighted by molar-refractivity contribution is -0.179. The summed E-state index contributed by atoms with van der Waals surface area (Å²) in [5.74, 6) is 0.145. The zero-order chi connectivity index (χ0) is 52.6. The largest absolute Gasteiger partial charge is 0.494 e. The first kappa shape index (κ1) is 50.7. The zero-order valence-electron chi connectivity index (χ0n) is 42.9. The number of anilines is 3. The van der Waals surface area contributed by atoms with Crippen molar-refractivity contribution in [3.63, 3.8) is 0 Å². The maximum atomic E-state index is 14.3. The molecule has 6 N–H and O–H groups in total. The number of primary amides is 1. The number of likely N-dealkylation sites (tertiary alicyclic amines) is 1. The van der Waals surface area contributed by atoms with Gasteiger partial charge in [-0.15, -0.1) is 0 Å². The molecule has 4 fully saturated rings. The lowest BCUT2D eigenvalue weighted by Crippen LogP contribution is -2.70. The quantitative estimate of drug-likeness (QED) is 0.0300. The maximum Gasteiger partial charge on any atom is 0.410 e. The van der Waals surface area contributed by atoms with Gasteiger partial charge in [-0.3, -0.25) is 39.4 Å². The highest BCUT2D eigenvalue weighted by atomic mass is 16.6. The summed E-state index contributed by atoms with van der Waals surface area (Å²) in [6, 6.07) is 15.4. The van der Waals surface area contributed by atoms with Crippen LogP contribution in [0.5, 0.6) is 11.5 Å². The van der Waals surface area contributed by atoms with Crippen LogP contribution >= 0.6 is 0 Å². The van der Waals surface area contributed by atoms with Crippen molar-refractivity contribution in [3.8, 4) is 11.5 Å². The molecule has 2 saturated heterocycles. The number of hydrogen-bond acceptors (Lipinski definition) is 14. The summed E-state index contributed by atoms with van der Waals surface area (Å²) in [5.41, 5.74) is 15.8. The van der Waals surface area contributed by atoms with E-state index in [1.165, 1.54) is 13.2 Å². The molecule has 4 aliphatic rings. The molecule has 1 spiro atoms. The molecule has 2 saturated carbocycles. The molecular formula is C54H64N12O9. The number of hydrogen-bond donors (Lipinski definition) is 4. The van der Waals surface area contributed by atoms with Crippen molar-refractivity contribution >= 4 is 69.8 Å². The van der Waals surface area contributed by atoms with E-state index in [0.717, 1.165) is 44.0 Å². The number of carbonyl (C=O) groups excluding carboxylic acids is 5. The number of aldehydes is 1. The summed E-state index contributed by atoms with van der Waals surface area (Å²) in [5, 5.41) is 10.6. The SMILES string of the molecule is CCn1nc(C)cc1C(=O)Nc1nc2cc(C(N)=O)cc(OC)c2n1C/C=C/Cn1c(NC(=O)C23CCC(C)(CC2)C3)nc2cc(C=O)cc(OCCCN3CC4(C3)CN(C(=O)OCc3ccc(N)cc3)CCO4)c21. The molecule has 5 heterocycles. The number of methoxy groups -OCH3 is 1. The average Bonchev–Trinajstić information content (AvgIpc) is 4.21. The molecule has 394 valence electrons. The molecular weight excluding hydrogens is 961 g/mol. The van der Waals surface area contributed by atoms with Crippen molar-refractivity contribution in [1.82, 2.24) is 38.7 Å². The fraction of sp³-hybridized carbons (Fsp3) is 0.444. The molecule has 0 unspecified atom stereocenters. The fourth-order valence-corrected chi connectivity index (χ4v) is 11.5. The molecule has 2 aliphatic heterocycles. The second-order valence-electron chi connectivity index (χ2n) is 20.8. The number of fused-ring (bicyclic) bond motifs is 4. The number of nitrogen functional groups attached to an aromatic ring is 1. The lowest BCUT2D eigenvalue weighted by atomic mass is 9.82. The van der Waals surface area contributed by atoms with E-state index in [4.69, 9.17) is 40.4 Å². The zero-order valence-corrected chi connectivity index (χ0v) is 42.9. The molecule has 75 heavy (non-hydrogen) atoms. The van der Waals surface area contributed by atoms with Gasteiger partial charge in [0.15, 0.2) is 0 Å². The third kappa shape index (κ3) is 10.3. The van der Waals surface area contributed by atoms with Crippen molar-refractivity contribution in [2.45, 2.75) is 91.1 Å². The first-order valence-electron chi connectivity index (χ1n) is 25.5. The van der Waals surface area contributed by atoms with Gasteiger partial charge in [-0.2, -0.15) is 5.10 Å². The number of ether oxygens (including phenoxy) is 4. The van der Waals surface area contributed by atoms with Crippen LogP contribution < -0.4 is 31.6 Å². The van der Waals surface area contributed by atoms with Crippen LogP contribution in [-0.2, 0) is 40.5 Å². The van der Waals surface area contributed by atoms with E-state index in [-0.39, 0.29) is 48.6 Å². The summed E-state index contributed by atoms with van der Waals surface area (Å²) in [6.07, 6.45) is 9.26. The van der Waals surface area contributed by atoms with Gasteiger partial charge in [0.2, 0.25) is 23.7 Å². The Morgan fingerprint density at radius 1 is 0.880 bits per heavy atom. The molecule has 3 aromatic heterocycles. The molecule has 3 aromatic carbocycles. The Bertz CT molecular complexity index is 3210. The van der Waals surface area contributed by atoms with Crippen molar-refractivity contribution in [2.75, 3.05) is 69.4 Å². The van der Waals surface area contributed by atoms with E-state index in [1.54, 1.807) is 50.5 Å². The second-order valence-corrected chi connectivity index (χ2v) is 20.8. The van der Waals surface area contributed by atoms with Crippen LogP contribution in [0.1, 0.15) is 94.8 Å². The monoisotopic (exact) mass is 1020 g/mol. The van der Waals surface area contributed by atoms with Gasteiger partial charge < -0.3 is 44.4 Å². The number of benzene rings is 3. The Kier molecular flexibility index (Phi) is 13.9. The highest BCUT2D eigenvalue weighted by Gasteiger charge is 2.56. The number of aryl methyl sites for hydroxylation is 2. The number of nitrogens with two attached hydrogens (primary N) is 2. The van der Waals surface area contributed by atoms with E-state index in [1.807, 2.05) is 42.7 Å². The van der Waals surface area contributed by atoms with E-state index >= 15 is 0 Å². The number of carbonyl (C=O) groups is 5. The topological polar surface area (TPSA) is 258 Å². The lowest BCUT2D eigenvalue weighted by Gasteiger charge is -2.53. The Balaban J connectivity index is 0.872. The van der Waals surface area contributed by atoms with E-state index in [2.05, 4.69) is 27.6 Å². The first-order valence-corrected chi connectivity index (χ1v) is 25.5. The molecule has 21 heteroatoms. The van der Waals surface area contributed by atoms with Crippen molar-refractivity contribution in [1.29, 1.82) is 0 Å². The average molecular weight is 1030 g/mol.